The Hall–Kier alpha value is -3.71. The van der Waals surface area contributed by atoms with Crippen LogP contribution in [0, 0.1) is 0 Å². The molecule has 6 nitrogen and oxygen atoms in total. The Bertz CT molecular complexity index is 1460. The first-order chi connectivity index (χ1) is 16.2. The Kier molecular flexibility index (Phi) is 4.84. The third-order valence-electron chi connectivity index (χ3n) is 6.43. The molecule has 0 unspecified atom stereocenters. The zero-order valence-electron chi connectivity index (χ0n) is 18.3. The van der Waals surface area contributed by atoms with E-state index in [4.69, 9.17) is 0 Å². The largest absolute Gasteiger partial charge is 0.368 e. The predicted octanol–water partition coefficient (Wildman–Crippen LogP) is 4.95. The number of hydrogen-bond acceptors (Lipinski definition) is 5. The molecule has 5 heterocycles. The van der Waals surface area contributed by atoms with Crippen LogP contribution in [0.3, 0.4) is 0 Å². The molecule has 1 fully saturated rings. The minimum atomic E-state index is 0.159. The lowest BCUT2D eigenvalue weighted by atomic mass is 10.1. The van der Waals surface area contributed by atoms with E-state index in [0.29, 0.717) is 0 Å². The van der Waals surface area contributed by atoms with Crippen molar-refractivity contribution in [2.75, 3.05) is 31.1 Å². The van der Waals surface area contributed by atoms with Crippen LogP contribution in [0.4, 0.5) is 5.69 Å². The second-order valence-corrected chi connectivity index (χ2v) is 9.19. The predicted molar refractivity (Wildman–Crippen MR) is 134 cm³/mol. The second-order valence-electron chi connectivity index (χ2n) is 8.33. The maximum Gasteiger partial charge on any atom is 0.219 e. The molecule has 0 atom stereocenters. The van der Waals surface area contributed by atoms with Gasteiger partial charge in [0.2, 0.25) is 5.91 Å². The van der Waals surface area contributed by atoms with Gasteiger partial charge in [0.15, 0.2) is 0 Å². The highest BCUT2D eigenvalue weighted by molar-refractivity contribution is 7.17. The van der Waals surface area contributed by atoms with Crippen LogP contribution in [0.25, 0.3) is 38.2 Å². The Balaban J connectivity index is 1.26. The molecule has 1 aromatic carbocycles. The average molecular weight is 454 g/mol. The molecule has 1 aliphatic rings. The molecule has 164 valence electrons. The van der Waals surface area contributed by atoms with Crippen LogP contribution in [0.5, 0.6) is 0 Å². The molecular formula is C26H23N5OS. The van der Waals surface area contributed by atoms with Crippen LogP contribution in [-0.2, 0) is 4.79 Å². The van der Waals surface area contributed by atoms with Crippen LogP contribution >= 0.6 is 11.3 Å². The van der Waals surface area contributed by atoms with Gasteiger partial charge in [0, 0.05) is 67.5 Å². The molecule has 0 bridgehead atoms. The van der Waals surface area contributed by atoms with Gasteiger partial charge >= 0.3 is 0 Å². The van der Waals surface area contributed by atoms with Gasteiger partial charge in [0.05, 0.1) is 11.9 Å². The van der Waals surface area contributed by atoms with Gasteiger partial charge in [-0.2, -0.15) is 0 Å². The molecule has 33 heavy (non-hydrogen) atoms. The van der Waals surface area contributed by atoms with E-state index < -0.39 is 0 Å². The van der Waals surface area contributed by atoms with Crippen molar-refractivity contribution in [3.05, 3.63) is 72.5 Å². The molecule has 1 amide bonds. The highest BCUT2D eigenvalue weighted by atomic mass is 32.1. The number of aromatic nitrogens is 3. The number of hydrogen-bond donors (Lipinski definition) is 0. The maximum absolute atomic E-state index is 11.6. The van der Waals surface area contributed by atoms with Crippen LogP contribution in [-0.4, -0.2) is 51.4 Å². The molecule has 0 spiro atoms. The number of rotatable bonds is 3. The fraction of sp³-hybridized carbons (Fsp3) is 0.192. The van der Waals surface area contributed by atoms with E-state index in [0.717, 1.165) is 58.9 Å². The zero-order valence-corrected chi connectivity index (χ0v) is 19.1. The maximum atomic E-state index is 11.6. The first kappa shape index (κ1) is 19.9. The van der Waals surface area contributed by atoms with Crippen LogP contribution in [0.2, 0.25) is 0 Å². The van der Waals surface area contributed by atoms with Crippen molar-refractivity contribution in [3.63, 3.8) is 0 Å². The van der Waals surface area contributed by atoms with E-state index >= 15 is 0 Å². The van der Waals surface area contributed by atoms with Crippen molar-refractivity contribution in [1.82, 2.24) is 19.3 Å². The summed E-state index contributed by atoms with van der Waals surface area (Å²) in [5.41, 5.74) is 6.68. The van der Waals surface area contributed by atoms with Gasteiger partial charge in [-0.25, -0.2) is 9.97 Å². The van der Waals surface area contributed by atoms with Crippen molar-refractivity contribution in [2.24, 2.45) is 0 Å². The molecule has 0 radical (unpaired) electrons. The number of imidazole rings is 1. The number of piperazine rings is 1. The summed E-state index contributed by atoms with van der Waals surface area (Å²) in [4.78, 5) is 26.0. The summed E-state index contributed by atoms with van der Waals surface area (Å²) in [6.07, 6.45) is 5.87. The van der Waals surface area contributed by atoms with Gasteiger partial charge in [0.25, 0.3) is 0 Å². The molecule has 6 rings (SSSR count). The van der Waals surface area contributed by atoms with Crippen molar-refractivity contribution >= 4 is 38.8 Å². The van der Waals surface area contributed by atoms with E-state index in [1.165, 1.54) is 11.3 Å². The number of amides is 1. The summed E-state index contributed by atoms with van der Waals surface area (Å²) in [5.74, 6) is 0.159. The van der Waals surface area contributed by atoms with Crippen molar-refractivity contribution in [2.45, 2.75) is 6.92 Å². The molecule has 7 heteroatoms. The monoisotopic (exact) mass is 453 g/mol. The van der Waals surface area contributed by atoms with E-state index in [2.05, 4.69) is 73.3 Å². The van der Waals surface area contributed by atoms with Crippen molar-refractivity contribution in [3.8, 4) is 22.4 Å². The molecule has 1 saturated heterocycles. The van der Waals surface area contributed by atoms with Crippen LogP contribution in [0.15, 0.2) is 72.5 Å². The Morgan fingerprint density at radius 1 is 0.970 bits per heavy atom. The Morgan fingerprint density at radius 3 is 2.58 bits per heavy atom. The SMILES string of the molecule is CC(=O)N1CCN(c2ccc(-c3ccn4c(-c5csc6ncccc56)cnc4c3)cc2)CC1. The van der Waals surface area contributed by atoms with Gasteiger partial charge in [-0.1, -0.05) is 12.1 Å². The van der Waals surface area contributed by atoms with E-state index in [9.17, 15) is 4.79 Å². The van der Waals surface area contributed by atoms with E-state index in [1.54, 1.807) is 18.3 Å². The third-order valence-corrected chi connectivity index (χ3v) is 7.33. The second kappa shape index (κ2) is 8.01. The number of nitrogens with zero attached hydrogens (tertiary/aromatic N) is 5. The third kappa shape index (κ3) is 3.54. The summed E-state index contributed by atoms with van der Waals surface area (Å²) < 4.78 is 2.14. The number of pyridine rings is 2. The highest BCUT2D eigenvalue weighted by Crippen LogP contribution is 2.34. The topological polar surface area (TPSA) is 53.7 Å². The number of benzene rings is 1. The van der Waals surface area contributed by atoms with Crippen LogP contribution < -0.4 is 4.90 Å². The van der Waals surface area contributed by atoms with Gasteiger partial charge < -0.3 is 9.80 Å². The van der Waals surface area contributed by atoms with Gasteiger partial charge in [-0.15, -0.1) is 11.3 Å². The van der Waals surface area contributed by atoms with E-state index in [-0.39, 0.29) is 5.91 Å². The van der Waals surface area contributed by atoms with E-state index in [1.807, 2.05) is 23.4 Å². The lowest BCUT2D eigenvalue weighted by Gasteiger charge is -2.35. The number of carbonyl (C=O) groups is 1. The normalized spacial score (nSPS) is 14.3. The molecule has 4 aromatic heterocycles. The molecule has 5 aromatic rings. The number of thiophene rings is 1. The smallest absolute Gasteiger partial charge is 0.219 e. The van der Waals surface area contributed by atoms with Gasteiger partial charge in [-0.3, -0.25) is 9.20 Å². The lowest BCUT2D eigenvalue weighted by molar-refractivity contribution is -0.129. The number of anilines is 1. The first-order valence-electron chi connectivity index (χ1n) is 11.1. The standard InChI is InChI=1S/C26H23N5OS/c1-18(32)29-11-13-30(14-12-29)21-6-4-19(5-7-21)20-8-10-31-24(16-28-25(31)15-20)23-17-33-26-22(23)3-2-9-27-26/h2-10,15-17H,11-14H2,1H3. The summed E-state index contributed by atoms with van der Waals surface area (Å²) in [6.45, 7) is 4.95. The molecule has 1 aliphatic heterocycles. The van der Waals surface area contributed by atoms with Crippen molar-refractivity contribution in [1.29, 1.82) is 0 Å². The Labute approximate surface area is 195 Å². The number of carbonyl (C=O) groups excluding carboxylic acids is 1. The van der Waals surface area contributed by atoms with Gasteiger partial charge in [-0.05, 0) is 47.5 Å². The quantitative estimate of drug-likeness (QED) is 0.388. The highest BCUT2D eigenvalue weighted by Gasteiger charge is 2.19. The minimum absolute atomic E-state index is 0.159. The lowest BCUT2D eigenvalue weighted by Crippen LogP contribution is -2.48. The Morgan fingerprint density at radius 2 is 1.79 bits per heavy atom. The molecule has 0 aliphatic carbocycles. The summed E-state index contributed by atoms with van der Waals surface area (Å²) in [6, 6.07) is 17.1. The number of fused-ring (bicyclic) bond motifs is 2. The molecular weight excluding hydrogens is 430 g/mol. The van der Waals surface area contributed by atoms with Gasteiger partial charge in [0.1, 0.15) is 10.5 Å². The fourth-order valence-corrected chi connectivity index (χ4v) is 5.47. The summed E-state index contributed by atoms with van der Waals surface area (Å²) in [7, 11) is 0. The minimum Gasteiger partial charge on any atom is -0.368 e. The molecule has 0 saturated carbocycles. The summed E-state index contributed by atoms with van der Waals surface area (Å²) >= 11 is 1.66. The molecule has 0 N–H and O–H groups in total. The average Bonchev–Trinajstić information content (AvgIpc) is 3.47. The fourth-order valence-electron chi connectivity index (χ4n) is 4.57. The summed E-state index contributed by atoms with van der Waals surface area (Å²) in [5, 5.41) is 3.32. The zero-order chi connectivity index (χ0) is 22.4. The van der Waals surface area contributed by atoms with Crippen molar-refractivity contribution < 1.29 is 4.79 Å². The van der Waals surface area contributed by atoms with Crippen LogP contribution in [0.1, 0.15) is 6.92 Å². The first-order valence-corrected chi connectivity index (χ1v) is 12.0.